The van der Waals surface area contributed by atoms with Crippen LogP contribution in [0.2, 0.25) is 0 Å². The topological polar surface area (TPSA) is 78.1 Å². The Labute approximate surface area is 101 Å². The number of aromatic amines is 1. The lowest BCUT2D eigenvalue weighted by molar-refractivity contribution is 0.310. The van der Waals surface area contributed by atoms with Crippen molar-refractivity contribution in [3.8, 4) is 0 Å². The Balaban J connectivity index is 2.01. The van der Waals surface area contributed by atoms with Gasteiger partial charge in [0.2, 0.25) is 0 Å². The van der Waals surface area contributed by atoms with Crippen molar-refractivity contribution in [2.24, 2.45) is 5.92 Å². The Morgan fingerprint density at radius 2 is 2.18 bits per heavy atom. The van der Waals surface area contributed by atoms with Crippen LogP contribution in [0, 0.1) is 5.92 Å². The second-order valence-electron chi connectivity index (χ2n) is 4.39. The van der Waals surface area contributed by atoms with E-state index in [1.54, 1.807) is 7.05 Å². The van der Waals surface area contributed by atoms with Gasteiger partial charge < -0.3 is 10.3 Å². The highest BCUT2D eigenvalue weighted by Crippen LogP contribution is 2.17. The molecule has 1 saturated heterocycles. The van der Waals surface area contributed by atoms with Gasteiger partial charge in [-0.05, 0) is 31.8 Å². The molecule has 2 rings (SSSR count). The van der Waals surface area contributed by atoms with E-state index in [0.717, 1.165) is 25.9 Å². The van der Waals surface area contributed by atoms with Gasteiger partial charge in [0.15, 0.2) is 5.03 Å². The maximum absolute atomic E-state index is 12.1. The number of piperidine rings is 1. The van der Waals surface area contributed by atoms with Crippen molar-refractivity contribution in [3.63, 3.8) is 0 Å². The van der Waals surface area contributed by atoms with Crippen LogP contribution in [0.15, 0.2) is 17.6 Å². The molecule has 0 unspecified atom stereocenters. The minimum absolute atomic E-state index is 0.161. The summed E-state index contributed by atoms with van der Waals surface area (Å²) in [5.74, 6) is 0.443. The molecule has 0 radical (unpaired) electrons. The van der Waals surface area contributed by atoms with Crippen LogP contribution >= 0.6 is 0 Å². The van der Waals surface area contributed by atoms with Crippen LogP contribution in [-0.2, 0) is 10.0 Å². The molecule has 1 aliphatic heterocycles. The zero-order valence-corrected chi connectivity index (χ0v) is 10.7. The SMILES string of the molecule is CN(CC1CCNCC1)S(=O)(=O)c1cnc[nH]1. The largest absolute Gasteiger partial charge is 0.335 e. The van der Waals surface area contributed by atoms with Crippen molar-refractivity contribution in [3.05, 3.63) is 12.5 Å². The van der Waals surface area contributed by atoms with E-state index in [1.165, 1.54) is 16.8 Å². The molecule has 6 nitrogen and oxygen atoms in total. The first-order chi connectivity index (χ1) is 8.10. The van der Waals surface area contributed by atoms with Crippen LogP contribution in [0.3, 0.4) is 0 Å². The summed E-state index contributed by atoms with van der Waals surface area (Å²) in [5, 5.41) is 3.43. The molecule has 1 aliphatic rings. The van der Waals surface area contributed by atoms with Crippen LogP contribution in [0.25, 0.3) is 0 Å². The summed E-state index contributed by atoms with van der Waals surface area (Å²) in [6.07, 6.45) is 4.78. The summed E-state index contributed by atoms with van der Waals surface area (Å²) >= 11 is 0. The Kier molecular flexibility index (Phi) is 3.80. The Morgan fingerprint density at radius 3 is 2.76 bits per heavy atom. The van der Waals surface area contributed by atoms with Gasteiger partial charge in [0.25, 0.3) is 10.0 Å². The molecular weight excluding hydrogens is 240 g/mol. The molecule has 0 amide bonds. The monoisotopic (exact) mass is 258 g/mol. The highest BCUT2D eigenvalue weighted by atomic mass is 32.2. The van der Waals surface area contributed by atoms with Crippen LogP contribution in [-0.4, -0.2) is 49.4 Å². The molecule has 96 valence electrons. The molecule has 0 spiro atoms. The fraction of sp³-hybridized carbons (Fsp3) is 0.700. The average molecular weight is 258 g/mol. The molecule has 17 heavy (non-hydrogen) atoms. The fourth-order valence-electron chi connectivity index (χ4n) is 2.08. The molecule has 0 aliphatic carbocycles. The first kappa shape index (κ1) is 12.5. The maximum Gasteiger partial charge on any atom is 0.259 e. The zero-order chi connectivity index (χ0) is 12.3. The van der Waals surface area contributed by atoms with Crippen molar-refractivity contribution in [2.45, 2.75) is 17.9 Å². The predicted molar refractivity (Wildman–Crippen MR) is 64.0 cm³/mol. The fourth-order valence-corrected chi connectivity index (χ4v) is 3.22. The van der Waals surface area contributed by atoms with Crippen molar-refractivity contribution in [1.29, 1.82) is 0 Å². The number of sulfonamides is 1. The minimum Gasteiger partial charge on any atom is -0.335 e. The number of hydrogen-bond acceptors (Lipinski definition) is 4. The smallest absolute Gasteiger partial charge is 0.259 e. The third-order valence-electron chi connectivity index (χ3n) is 3.14. The third kappa shape index (κ3) is 2.85. The maximum atomic E-state index is 12.1. The molecule has 1 aromatic heterocycles. The highest BCUT2D eigenvalue weighted by Gasteiger charge is 2.25. The lowest BCUT2D eigenvalue weighted by Gasteiger charge is -2.26. The zero-order valence-electron chi connectivity index (χ0n) is 9.89. The summed E-state index contributed by atoms with van der Waals surface area (Å²) in [5.41, 5.74) is 0. The number of H-pyrrole nitrogens is 1. The van der Waals surface area contributed by atoms with Gasteiger partial charge in [-0.3, -0.25) is 0 Å². The van der Waals surface area contributed by atoms with Gasteiger partial charge in [0.05, 0.1) is 12.5 Å². The van der Waals surface area contributed by atoms with Crippen molar-refractivity contribution >= 4 is 10.0 Å². The molecule has 7 heteroatoms. The number of imidazole rings is 1. The standard InChI is InChI=1S/C10H18N4O2S/c1-14(7-9-2-4-11-5-3-9)17(15,16)10-6-12-8-13-10/h6,8-9,11H,2-5,7H2,1H3,(H,12,13). The summed E-state index contributed by atoms with van der Waals surface area (Å²) in [7, 11) is -1.78. The molecular formula is C10H18N4O2S. The van der Waals surface area contributed by atoms with Gasteiger partial charge in [0, 0.05) is 13.6 Å². The lowest BCUT2D eigenvalue weighted by Crippen LogP contribution is -2.37. The van der Waals surface area contributed by atoms with Crippen molar-refractivity contribution in [1.82, 2.24) is 19.6 Å². The van der Waals surface area contributed by atoms with E-state index >= 15 is 0 Å². The molecule has 0 saturated carbocycles. The highest BCUT2D eigenvalue weighted by molar-refractivity contribution is 7.89. The van der Waals surface area contributed by atoms with Gasteiger partial charge in [-0.2, -0.15) is 4.31 Å². The number of nitrogens with zero attached hydrogens (tertiary/aromatic N) is 2. The number of aromatic nitrogens is 2. The van der Waals surface area contributed by atoms with Gasteiger partial charge >= 0.3 is 0 Å². The average Bonchev–Trinajstić information content (AvgIpc) is 2.84. The lowest BCUT2D eigenvalue weighted by atomic mass is 9.98. The van der Waals surface area contributed by atoms with E-state index in [0.29, 0.717) is 12.5 Å². The summed E-state index contributed by atoms with van der Waals surface area (Å²) in [4.78, 5) is 6.39. The Bertz CT molecular complexity index is 437. The van der Waals surface area contributed by atoms with E-state index in [-0.39, 0.29) is 5.03 Å². The summed E-state index contributed by atoms with van der Waals surface area (Å²) < 4.78 is 25.6. The van der Waals surface area contributed by atoms with E-state index in [4.69, 9.17) is 0 Å². The molecule has 1 aromatic rings. The quantitative estimate of drug-likeness (QED) is 0.798. The summed E-state index contributed by atoms with van der Waals surface area (Å²) in [6.45, 7) is 2.52. The number of hydrogen-bond donors (Lipinski definition) is 2. The van der Waals surface area contributed by atoms with Gasteiger partial charge in [-0.1, -0.05) is 0 Å². The van der Waals surface area contributed by atoms with Gasteiger partial charge in [-0.25, -0.2) is 13.4 Å². The van der Waals surface area contributed by atoms with Gasteiger partial charge in [0.1, 0.15) is 0 Å². The summed E-state index contributed by atoms with van der Waals surface area (Å²) in [6, 6.07) is 0. The number of nitrogens with one attached hydrogen (secondary N) is 2. The second kappa shape index (κ2) is 5.16. The predicted octanol–water partition coefficient (Wildman–Crippen LogP) is 0.0298. The molecule has 0 atom stereocenters. The first-order valence-corrected chi connectivity index (χ1v) is 7.20. The van der Waals surface area contributed by atoms with Gasteiger partial charge in [-0.15, -0.1) is 0 Å². The van der Waals surface area contributed by atoms with E-state index < -0.39 is 10.0 Å². The Morgan fingerprint density at radius 1 is 1.47 bits per heavy atom. The van der Waals surface area contributed by atoms with Crippen LogP contribution < -0.4 is 5.32 Å². The van der Waals surface area contributed by atoms with E-state index in [9.17, 15) is 8.42 Å². The first-order valence-electron chi connectivity index (χ1n) is 5.76. The van der Waals surface area contributed by atoms with Crippen LogP contribution in [0.1, 0.15) is 12.8 Å². The van der Waals surface area contributed by atoms with Crippen LogP contribution in [0.5, 0.6) is 0 Å². The molecule has 2 N–H and O–H groups in total. The van der Waals surface area contributed by atoms with Crippen molar-refractivity contribution in [2.75, 3.05) is 26.7 Å². The van der Waals surface area contributed by atoms with Crippen LogP contribution in [0.4, 0.5) is 0 Å². The van der Waals surface area contributed by atoms with E-state index in [2.05, 4.69) is 15.3 Å². The van der Waals surface area contributed by atoms with Crippen molar-refractivity contribution < 1.29 is 8.42 Å². The number of rotatable bonds is 4. The second-order valence-corrected chi connectivity index (χ2v) is 6.41. The molecule has 1 fully saturated rings. The normalized spacial score (nSPS) is 18.7. The van der Waals surface area contributed by atoms with E-state index in [1.807, 2.05) is 0 Å². The molecule has 0 bridgehead atoms. The molecule has 2 heterocycles. The minimum atomic E-state index is -3.40. The Hall–Kier alpha value is -0.920. The third-order valence-corrected chi connectivity index (χ3v) is 4.88. The molecule has 0 aromatic carbocycles.